The molecule has 3 amide bonds. The van der Waals surface area contributed by atoms with Gasteiger partial charge < -0.3 is 31.9 Å². The summed E-state index contributed by atoms with van der Waals surface area (Å²) in [7, 11) is 0. The Morgan fingerprint density at radius 1 is 0.931 bits per heavy atom. The van der Waals surface area contributed by atoms with Gasteiger partial charge in [0.15, 0.2) is 0 Å². The van der Waals surface area contributed by atoms with Crippen LogP contribution in [0.5, 0.6) is 0 Å². The summed E-state index contributed by atoms with van der Waals surface area (Å²) < 4.78 is 0. The van der Waals surface area contributed by atoms with Crippen LogP contribution in [0, 0.1) is 5.92 Å². The third kappa shape index (κ3) is 9.61. The van der Waals surface area contributed by atoms with Crippen molar-refractivity contribution < 1.29 is 34.2 Å². The van der Waals surface area contributed by atoms with Crippen LogP contribution in [0.2, 0.25) is 0 Å². The average Bonchev–Trinajstić information content (AvgIpc) is 2.65. The molecule has 29 heavy (non-hydrogen) atoms. The highest BCUT2D eigenvalue weighted by atomic mass is 32.1. The minimum Gasteiger partial charge on any atom is -0.481 e. The molecular weight excluding hydrogens is 404 g/mol. The molecule has 5 unspecified atom stereocenters. The zero-order valence-corrected chi connectivity index (χ0v) is 17.6. The van der Waals surface area contributed by atoms with Crippen molar-refractivity contribution in [3.05, 3.63) is 0 Å². The monoisotopic (exact) mass is 434 g/mol. The summed E-state index contributed by atoms with van der Waals surface area (Å²) in [5.41, 5.74) is 5.46. The molecule has 0 aliphatic rings. The second kappa shape index (κ2) is 13.0. The number of carbonyl (C=O) groups is 5. The number of carboxylic acid groups (broad SMARTS) is 2. The molecule has 0 aromatic heterocycles. The van der Waals surface area contributed by atoms with E-state index >= 15 is 0 Å². The Morgan fingerprint density at radius 3 is 1.90 bits per heavy atom. The van der Waals surface area contributed by atoms with Gasteiger partial charge >= 0.3 is 11.9 Å². The fraction of sp³-hybridized carbons (Fsp3) is 0.706. The van der Waals surface area contributed by atoms with Gasteiger partial charge in [-0.05, 0) is 19.3 Å². The number of hydrogen-bond donors (Lipinski definition) is 7. The SMILES string of the molecule is CCC(C)C(NC(=O)C(CS)NC(=O)C(C)N)C(=O)NC(CCC(=O)O)C(=O)O. The quantitative estimate of drug-likeness (QED) is 0.174. The van der Waals surface area contributed by atoms with Gasteiger partial charge in [0.1, 0.15) is 18.1 Å². The van der Waals surface area contributed by atoms with Crippen molar-refractivity contribution in [2.75, 3.05) is 5.75 Å². The summed E-state index contributed by atoms with van der Waals surface area (Å²) in [6.45, 7) is 4.92. The molecule has 0 spiro atoms. The van der Waals surface area contributed by atoms with Crippen LogP contribution in [0.25, 0.3) is 0 Å². The van der Waals surface area contributed by atoms with Crippen molar-refractivity contribution in [3.63, 3.8) is 0 Å². The summed E-state index contributed by atoms with van der Waals surface area (Å²) in [6.07, 6.45) is -0.257. The highest BCUT2D eigenvalue weighted by Crippen LogP contribution is 2.10. The number of hydrogen-bond acceptors (Lipinski definition) is 7. The van der Waals surface area contributed by atoms with Crippen LogP contribution in [0.4, 0.5) is 0 Å². The summed E-state index contributed by atoms with van der Waals surface area (Å²) in [6, 6.07) is -4.39. The molecule has 0 heterocycles. The van der Waals surface area contributed by atoms with Gasteiger partial charge in [0.05, 0.1) is 6.04 Å². The lowest BCUT2D eigenvalue weighted by Gasteiger charge is -2.27. The number of nitrogens with one attached hydrogen (secondary N) is 3. The molecule has 0 aromatic carbocycles. The molecule has 0 bridgehead atoms. The van der Waals surface area contributed by atoms with Crippen LogP contribution in [0.15, 0.2) is 0 Å². The van der Waals surface area contributed by atoms with E-state index in [0.717, 1.165) is 0 Å². The maximum absolute atomic E-state index is 12.6. The minimum atomic E-state index is -1.42. The first-order valence-electron chi connectivity index (χ1n) is 9.16. The molecule has 0 aliphatic carbocycles. The second-order valence-corrected chi connectivity index (χ2v) is 7.10. The fourth-order valence-electron chi connectivity index (χ4n) is 2.24. The lowest BCUT2D eigenvalue weighted by atomic mass is 9.97. The molecule has 0 saturated carbocycles. The molecule has 7 N–H and O–H groups in total. The highest BCUT2D eigenvalue weighted by molar-refractivity contribution is 7.80. The van der Waals surface area contributed by atoms with E-state index in [1.165, 1.54) is 6.92 Å². The van der Waals surface area contributed by atoms with Crippen molar-refractivity contribution in [2.45, 2.75) is 64.2 Å². The Kier molecular flexibility index (Phi) is 11.9. The van der Waals surface area contributed by atoms with E-state index in [1.807, 2.05) is 0 Å². The van der Waals surface area contributed by atoms with Gasteiger partial charge in [-0.15, -0.1) is 0 Å². The van der Waals surface area contributed by atoms with Crippen molar-refractivity contribution in [2.24, 2.45) is 11.7 Å². The second-order valence-electron chi connectivity index (χ2n) is 6.74. The van der Waals surface area contributed by atoms with Gasteiger partial charge in [-0.1, -0.05) is 20.3 Å². The summed E-state index contributed by atoms with van der Waals surface area (Å²) >= 11 is 4.03. The van der Waals surface area contributed by atoms with Gasteiger partial charge in [-0.25, -0.2) is 4.79 Å². The number of nitrogens with two attached hydrogens (primary N) is 1. The Labute approximate surface area is 174 Å². The molecule has 0 aromatic rings. The maximum Gasteiger partial charge on any atom is 0.326 e. The first-order chi connectivity index (χ1) is 13.4. The molecule has 5 atom stereocenters. The summed E-state index contributed by atoms with van der Waals surface area (Å²) in [4.78, 5) is 58.8. The topological polar surface area (TPSA) is 188 Å². The van der Waals surface area contributed by atoms with Crippen LogP contribution in [0.3, 0.4) is 0 Å². The molecule has 166 valence electrons. The Morgan fingerprint density at radius 2 is 1.48 bits per heavy atom. The standard InChI is InChI=1S/C17H30N4O7S/c1-4-8(2)13(16(26)19-10(17(27)28)5-6-12(22)23)21-15(25)11(7-29)20-14(24)9(3)18/h8-11,13,29H,4-7,18H2,1-3H3,(H,19,26)(H,20,24)(H,21,25)(H,22,23)(H,27,28). The van der Waals surface area contributed by atoms with Gasteiger partial charge in [0.25, 0.3) is 0 Å². The van der Waals surface area contributed by atoms with Crippen molar-refractivity contribution in [3.8, 4) is 0 Å². The lowest BCUT2D eigenvalue weighted by Crippen LogP contribution is -2.59. The van der Waals surface area contributed by atoms with Gasteiger partial charge in [0.2, 0.25) is 17.7 Å². The van der Waals surface area contributed by atoms with Gasteiger partial charge in [-0.2, -0.15) is 12.6 Å². The number of amides is 3. The van der Waals surface area contributed by atoms with Crippen LogP contribution in [0.1, 0.15) is 40.0 Å². The van der Waals surface area contributed by atoms with E-state index in [4.69, 9.17) is 10.8 Å². The Bertz CT molecular complexity index is 615. The smallest absolute Gasteiger partial charge is 0.326 e. The summed E-state index contributed by atoms with van der Waals surface area (Å²) in [5, 5.41) is 25.1. The van der Waals surface area contributed by atoms with E-state index in [1.54, 1.807) is 13.8 Å². The van der Waals surface area contributed by atoms with Crippen LogP contribution in [-0.2, 0) is 24.0 Å². The predicted octanol–water partition coefficient (Wildman–Crippen LogP) is -1.29. The first kappa shape index (κ1) is 26.7. The number of rotatable bonds is 13. The fourth-order valence-corrected chi connectivity index (χ4v) is 2.50. The van der Waals surface area contributed by atoms with E-state index in [9.17, 15) is 29.1 Å². The van der Waals surface area contributed by atoms with Crippen LogP contribution < -0.4 is 21.7 Å². The van der Waals surface area contributed by atoms with Gasteiger partial charge in [0, 0.05) is 12.2 Å². The zero-order chi connectivity index (χ0) is 22.7. The van der Waals surface area contributed by atoms with Gasteiger partial charge in [-0.3, -0.25) is 19.2 Å². The zero-order valence-electron chi connectivity index (χ0n) is 16.7. The molecule has 0 radical (unpaired) electrons. The van der Waals surface area contributed by atoms with Crippen molar-refractivity contribution in [1.29, 1.82) is 0 Å². The number of thiol groups is 1. The molecule has 12 heteroatoms. The molecule has 0 fully saturated rings. The number of carbonyl (C=O) groups excluding carboxylic acids is 3. The Balaban J connectivity index is 5.29. The molecule has 0 saturated heterocycles. The first-order valence-corrected chi connectivity index (χ1v) is 9.79. The summed E-state index contributed by atoms with van der Waals surface area (Å²) in [5.74, 6) is -4.99. The van der Waals surface area contributed by atoms with E-state index < -0.39 is 60.2 Å². The van der Waals surface area contributed by atoms with Crippen molar-refractivity contribution in [1.82, 2.24) is 16.0 Å². The number of carboxylic acids is 2. The van der Waals surface area contributed by atoms with Crippen molar-refractivity contribution >= 4 is 42.3 Å². The molecule has 0 rings (SSSR count). The minimum absolute atomic E-state index is 0.0461. The largest absolute Gasteiger partial charge is 0.481 e. The predicted molar refractivity (Wildman–Crippen MR) is 107 cm³/mol. The Hall–Kier alpha value is -2.34. The average molecular weight is 435 g/mol. The molecule has 11 nitrogen and oxygen atoms in total. The third-order valence-electron chi connectivity index (χ3n) is 4.28. The molecular formula is C17H30N4O7S. The van der Waals surface area contributed by atoms with E-state index in [-0.39, 0.29) is 18.1 Å². The van der Waals surface area contributed by atoms with Crippen LogP contribution >= 0.6 is 12.6 Å². The van der Waals surface area contributed by atoms with E-state index in [0.29, 0.717) is 6.42 Å². The number of aliphatic carboxylic acids is 2. The normalized spacial score (nSPS) is 15.9. The van der Waals surface area contributed by atoms with E-state index in [2.05, 4.69) is 28.6 Å². The molecule has 0 aliphatic heterocycles. The highest BCUT2D eigenvalue weighted by Gasteiger charge is 2.32. The third-order valence-corrected chi connectivity index (χ3v) is 4.65. The lowest BCUT2D eigenvalue weighted by molar-refractivity contribution is -0.143. The maximum atomic E-state index is 12.6. The van der Waals surface area contributed by atoms with Crippen LogP contribution in [-0.4, -0.2) is 69.8 Å².